The van der Waals surface area contributed by atoms with Crippen molar-refractivity contribution in [3.8, 4) is 0 Å². The molecule has 4 heteroatoms. The Bertz CT molecular complexity index is 466. The van der Waals surface area contributed by atoms with Crippen molar-refractivity contribution in [3.05, 3.63) is 29.8 Å². The summed E-state index contributed by atoms with van der Waals surface area (Å²) in [5.41, 5.74) is 1.98. The van der Waals surface area contributed by atoms with Crippen LogP contribution in [0.15, 0.2) is 24.3 Å². The zero-order valence-electron chi connectivity index (χ0n) is 13.5. The molecule has 0 heterocycles. The number of amides is 2. The minimum Gasteiger partial charge on any atom is -0.356 e. The fourth-order valence-corrected chi connectivity index (χ4v) is 2.00. The van der Waals surface area contributed by atoms with Crippen molar-refractivity contribution in [2.75, 3.05) is 18.0 Å². The standard InChI is InChI=1S/C17H26N2O2/c1-13(2)9-11-18-17(21)10-12-19(15(4)20)16-7-5-14(3)6-8-16/h5-8,13H,9-12H2,1-4H3,(H,18,21). The largest absolute Gasteiger partial charge is 0.356 e. The van der Waals surface area contributed by atoms with Crippen molar-refractivity contribution in [2.24, 2.45) is 5.92 Å². The SMILES string of the molecule is CC(=O)N(CCC(=O)NCCC(C)C)c1ccc(C)cc1. The molecular formula is C17H26N2O2. The second-order valence-electron chi connectivity index (χ2n) is 5.79. The van der Waals surface area contributed by atoms with Gasteiger partial charge in [-0.3, -0.25) is 9.59 Å². The van der Waals surface area contributed by atoms with Gasteiger partial charge in [0.05, 0.1) is 0 Å². The number of aryl methyl sites for hydroxylation is 1. The highest BCUT2D eigenvalue weighted by Gasteiger charge is 2.13. The van der Waals surface area contributed by atoms with Crippen LogP contribution < -0.4 is 10.2 Å². The van der Waals surface area contributed by atoms with Crippen molar-refractivity contribution >= 4 is 17.5 Å². The van der Waals surface area contributed by atoms with Crippen LogP contribution in [0.2, 0.25) is 0 Å². The van der Waals surface area contributed by atoms with E-state index in [0.717, 1.165) is 17.7 Å². The average Bonchev–Trinajstić information content (AvgIpc) is 2.40. The summed E-state index contributed by atoms with van der Waals surface area (Å²) in [5.74, 6) is 0.523. The second-order valence-corrected chi connectivity index (χ2v) is 5.79. The lowest BCUT2D eigenvalue weighted by molar-refractivity contribution is -0.121. The van der Waals surface area contributed by atoms with Gasteiger partial charge in [-0.1, -0.05) is 31.5 Å². The van der Waals surface area contributed by atoms with Gasteiger partial charge in [0.25, 0.3) is 0 Å². The molecule has 1 rings (SSSR count). The van der Waals surface area contributed by atoms with Gasteiger partial charge in [-0.15, -0.1) is 0 Å². The topological polar surface area (TPSA) is 49.4 Å². The van der Waals surface area contributed by atoms with Gasteiger partial charge in [-0.2, -0.15) is 0 Å². The van der Waals surface area contributed by atoms with Crippen LogP contribution in [-0.2, 0) is 9.59 Å². The molecule has 0 spiro atoms. The van der Waals surface area contributed by atoms with E-state index in [1.54, 1.807) is 4.90 Å². The van der Waals surface area contributed by atoms with Gasteiger partial charge in [0.15, 0.2) is 0 Å². The first-order valence-electron chi connectivity index (χ1n) is 7.51. The molecule has 0 radical (unpaired) electrons. The number of hydrogen-bond acceptors (Lipinski definition) is 2. The maximum atomic E-state index is 11.8. The number of benzene rings is 1. The maximum absolute atomic E-state index is 11.8. The summed E-state index contributed by atoms with van der Waals surface area (Å²) in [4.78, 5) is 25.2. The molecule has 0 atom stereocenters. The van der Waals surface area contributed by atoms with Gasteiger partial charge in [0, 0.05) is 32.1 Å². The number of nitrogens with one attached hydrogen (secondary N) is 1. The molecule has 0 aliphatic heterocycles. The van der Waals surface area contributed by atoms with Gasteiger partial charge in [0.1, 0.15) is 0 Å². The molecule has 0 saturated heterocycles. The number of carbonyl (C=O) groups excluding carboxylic acids is 2. The van der Waals surface area contributed by atoms with E-state index >= 15 is 0 Å². The summed E-state index contributed by atoms with van der Waals surface area (Å²) in [6.45, 7) is 8.88. The minimum absolute atomic E-state index is 0.00554. The monoisotopic (exact) mass is 290 g/mol. The van der Waals surface area contributed by atoms with E-state index in [1.807, 2.05) is 31.2 Å². The molecule has 0 aliphatic rings. The molecule has 0 fully saturated rings. The zero-order valence-corrected chi connectivity index (χ0v) is 13.5. The molecule has 21 heavy (non-hydrogen) atoms. The average molecular weight is 290 g/mol. The first-order valence-corrected chi connectivity index (χ1v) is 7.51. The Balaban J connectivity index is 2.50. The summed E-state index contributed by atoms with van der Waals surface area (Å²) in [6.07, 6.45) is 1.30. The third kappa shape index (κ3) is 6.43. The first-order chi connectivity index (χ1) is 9.90. The Hall–Kier alpha value is -1.84. The Morgan fingerprint density at radius 1 is 1.19 bits per heavy atom. The van der Waals surface area contributed by atoms with Crippen molar-refractivity contribution in [2.45, 2.75) is 40.5 Å². The lowest BCUT2D eigenvalue weighted by atomic mass is 10.1. The number of hydrogen-bond donors (Lipinski definition) is 1. The van der Waals surface area contributed by atoms with E-state index in [0.29, 0.717) is 25.4 Å². The molecule has 0 unspecified atom stereocenters. The van der Waals surface area contributed by atoms with Crippen LogP contribution in [-0.4, -0.2) is 24.9 Å². The zero-order chi connectivity index (χ0) is 15.8. The molecule has 1 aromatic rings. The van der Waals surface area contributed by atoms with E-state index in [4.69, 9.17) is 0 Å². The number of rotatable bonds is 7. The smallest absolute Gasteiger partial charge is 0.223 e. The molecule has 2 amide bonds. The normalized spacial score (nSPS) is 10.5. The van der Waals surface area contributed by atoms with Crippen molar-refractivity contribution in [1.29, 1.82) is 0 Å². The third-order valence-electron chi connectivity index (χ3n) is 3.33. The summed E-state index contributed by atoms with van der Waals surface area (Å²) in [7, 11) is 0. The fraction of sp³-hybridized carbons (Fsp3) is 0.529. The van der Waals surface area contributed by atoms with Crippen molar-refractivity contribution in [1.82, 2.24) is 5.32 Å². The van der Waals surface area contributed by atoms with Crippen LogP contribution in [0.4, 0.5) is 5.69 Å². The molecule has 0 saturated carbocycles. The number of nitrogens with zero attached hydrogens (tertiary/aromatic N) is 1. The molecule has 1 N–H and O–H groups in total. The molecular weight excluding hydrogens is 264 g/mol. The summed E-state index contributed by atoms with van der Waals surface area (Å²) in [5, 5.41) is 2.89. The van der Waals surface area contributed by atoms with Gasteiger partial charge >= 0.3 is 0 Å². The van der Waals surface area contributed by atoms with E-state index in [1.165, 1.54) is 6.92 Å². The van der Waals surface area contributed by atoms with Gasteiger partial charge in [0.2, 0.25) is 11.8 Å². The highest BCUT2D eigenvalue weighted by atomic mass is 16.2. The van der Waals surface area contributed by atoms with Gasteiger partial charge < -0.3 is 10.2 Å². The third-order valence-corrected chi connectivity index (χ3v) is 3.33. The molecule has 0 bridgehead atoms. The maximum Gasteiger partial charge on any atom is 0.223 e. The van der Waals surface area contributed by atoms with Crippen LogP contribution in [0.3, 0.4) is 0 Å². The molecule has 116 valence electrons. The lowest BCUT2D eigenvalue weighted by Gasteiger charge is -2.21. The van der Waals surface area contributed by atoms with E-state index in [-0.39, 0.29) is 11.8 Å². The predicted molar refractivity (Wildman–Crippen MR) is 86.3 cm³/mol. The second kappa shape index (κ2) is 8.45. The van der Waals surface area contributed by atoms with E-state index in [9.17, 15) is 9.59 Å². The van der Waals surface area contributed by atoms with Crippen LogP contribution in [0.5, 0.6) is 0 Å². The van der Waals surface area contributed by atoms with Gasteiger partial charge in [-0.05, 0) is 31.4 Å². The minimum atomic E-state index is -0.0474. The molecule has 0 aliphatic carbocycles. The molecule has 4 nitrogen and oxygen atoms in total. The Labute approximate surface area is 127 Å². The molecule has 1 aromatic carbocycles. The number of carbonyl (C=O) groups is 2. The predicted octanol–water partition coefficient (Wildman–Crippen LogP) is 2.90. The van der Waals surface area contributed by atoms with E-state index < -0.39 is 0 Å². The highest BCUT2D eigenvalue weighted by molar-refractivity contribution is 5.92. The highest BCUT2D eigenvalue weighted by Crippen LogP contribution is 2.15. The Morgan fingerprint density at radius 3 is 2.33 bits per heavy atom. The quantitative estimate of drug-likeness (QED) is 0.839. The summed E-state index contributed by atoms with van der Waals surface area (Å²) < 4.78 is 0. The van der Waals surface area contributed by atoms with Crippen LogP contribution in [0.25, 0.3) is 0 Å². The number of anilines is 1. The van der Waals surface area contributed by atoms with Crippen LogP contribution in [0, 0.1) is 12.8 Å². The Kier molecular flexibility index (Phi) is 6.92. The van der Waals surface area contributed by atoms with Crippen LogP contribution in [0.1, 0.15) is 39.2 Å². The van der Waals surface area contributed by atoms with Crippen LogP contribution >= 0.6 is 0 Å². The molecule has 0 aromatic heterocycles. The summed E-state index contributed by atoms with van der Waals surface area (Å²) >= 11 is 0. The fourth-order valence-electron chi connectivity index (χ4n) is 2.00. The van der Waals surface area contributed by atoms with E-state index in [2.05, 4.69) is 19.2 Å². The Morgan fingerprint density at radius 2 is 1.81 bits per heavy atom. The van der Waals surface area contributed by atoms with Gasteiger partial charge in [-0.25, -0.2) is 0 Å². The van der Waals surface area contributed by atoms with Crippen molar-refractivity contribution < 1.29 is 9.59 Å². The first kappa shape index (κ1) is 17.2. The lowest BCUT2D eigenvalue weighted by Crippen LogP contribution is -2.34. The van der Waals surface area contributed by atoms with Crippen molar-refractivity contribution in [3.63, 3.8) is 0 Å². The summed E-state index contributed by atoms with van der Waals surface area (Å²) in [6, 6.07) is 7.75.